The van der Waals surface area contributed by atoms with E-state index in [1.54, 1.807) is 16.7 Å². The summed E-state index contributed by atoms with van der Waals surface area (Å²) in [5, 5.41) is 16.2. The number of amides is 3. The summed E-state index contributed by atoms with van der Waals surface area (Å²) >= 11 is 1.68. The predicted octanol–water partition coefficient (Wildman–Crippen LogP) is 2.07. The monoisotopic (exact) mass is 453 g/mol. The van der Waals surface area contributed by atoms with E-state index < -0.39 is 28.7 Å². The molecule has 2 bridgehead atoms. The lowest BCUT2D eigenvalue weighted by molar-refractivity contribution is -0.143. The van der Waals surface area contributed by atoms with Gasteiger partial charge in [-0.3, -0.25) is 14.4 Å². The Balaban J connectivity index is 2.02. The summed E-state index contributed by atoms with van der Waals surface area (Å²) in [6, 6.07) is -1.06. The lowest BCUT2D eigenvalue weighted by Gasteiger charge is -2.37. The van der Waals surface area contributed by atoms with E-state index in [0.717, 1.165) is 32.1 Å². The van der Waals surface area contributed by atoms with Crippen molar-refractivity contribution in [2.45, 2.75) is 101 Å². The average molecular weight is 454 g/mol. The van der Waals surface area contributed by atoms with Gasteiger partial charge >= 0.3 is 0 Å². The lowest BCUT2D eigenvalue weighted by Crippen LogP contribution is -2.57. The van der Waals surface area contributed by atoms with Gasteiger partial charge in [-0.05, 0) is 46.0 Å². The molecule has 3 aliphatic heterocycles. The summed E-state index contributed by atoms with van der Waals surface area (Å²) in [5.74, 6) is -1.33. The first kappa shape index (κ1) is 24.4. The molecular formula is C23H39N3O4S. The van der Waals surface area contributed by atoms with E-state index in [0.29, 0.717) is 13.0 Å². The zero-order chi connectivity index (χ0) is 23.0. The molecule has 3 fully saturated rings. The molecule has 31 heavy (non-hydrogen) atoms. The number of nitrogens with zero attached hydrogens (tertiary/aromatic N) is 1. The summed E-state index contributed by atoms with van der Waals surface area (Å²) in [4.78, 5) is 42.3. The minimum atomic E-state index is -0.655. The third kappa shape index (κ3) is 3.88. The summed E-state index contributed by atoms with van der Waals surface area (Å²) in [6.45, 7) is 10.5. The topological polar surface area (TPSA) is 98.7 Å². The first-order valence-corrected chi connectivity index (χ1v) is 12.7. The first-order valence-electron chi connectivity index (χ1n) is 11.9. The van der Waals surface area contributed by atoms with Crippen LogP contribution < -0.4 is 10.6 Å². The third-order valence-corrected chi connectivity index (χ3v) is 9.47. The Hall–Kier alpha value is -1.28. The van der Waals surface area contributed by atoms with Crippen LogP contribution in [0.1, 0.15) is 73.1 Å². The van der Waals surface area contributed by atoms with Crippen LogP contribution in [0.25, 0.3) is 0 Å². The Morgan fingerprint density at radius 1 is 1.23 bits per heavy atom. The average Bonchev–Trinajstić information content (AvgIpc) is 3.28. The number of thioether (sulfide) groups is 1. The molecule has 7 atom stereocenters. The van der Waals surface area contributed by atoms with Crippen LogP contribution in [0.5, 0.6) is 0 Å². The van der Waals surface area contributed by atoms with Gasteiger partial charge in [-0.25, -0.2) is 0 Å². The molecule has 0 aromatic carbocycles. The second-order valence-electron chi connectivity index (χ2n) is 9.71. The number of carbonyl (C=O) groups excluding carboxylic acids is 3. The number of carbonyl (C=O) groups is 3. The molecule has 0 aromatic heterocycles. The summed E-state index contributed by atoms with van der Waals surface area (Å²) < 4.78 is -0.961. The number of nitrogens with one attached hydrogen (secondary N) is 2. The number of aliphatic hydroxyl groups excluding tert-OH is 1. The van der Waals surface area contributed by atoms with E-state index in [1.165, 1.54) is 0 Å². The third-order valence-electron chi connectivity index (χ3n) is 7.48. The molecule has 7 nitrogen and oxygen atoms in total. The van der Waals surface area contributed by atoms with Crippen LogP contribution in [0, 0.1) is 11.8 Å². The fraction of sp³-hybridized carbons (Fsp3) is 0.870. The molecule has 0 aromatic rings. The SMILES string of the molecule is CCCNC(=O)[C@H]1[C@H]2C(=O)N([C@@H](CC)CO)C(C(=O)NC(C)CCC)C23CC[C@]1(C)S3. The lowest BCUT2D eigenvalue weighted by atomic mass is 9.66. The zero-order valence-electron chi connectivity index (χ0n) is 19.6. The summed E-state index contributed by atoms with van der Waals surface area (Å²) in [5.41, 5.74) is 0. The number of likely N-dealkylation sites (tertiary alicyclic amines) is 1. The van der Waals surface area contributed by atoms with Gasteiger partial charge in [0.05, 0.1) is 29.2 Å². The number of hydrogen-bond acceptors (Lipinski definition) is 5. The highest BCUT2D eigenvalue weighted by atomic mass is 32.2. The van der Waals surface area contributed by atoms with Gasteiger partial charge in [0.25, 0.3) is 0 Å². The minimum absolute atomic E-state index is 0.0157. The standard InChI is InChI=1S/C23H39N3O4S/c1-6-9-14(4)25-20(29)18-23-11-10-22(5,31-23)16(19(28)24-12-7-2)17(23)21(30)26(18)15(8-3)13-27/h14-18,27H,6-13H2,1-5H3,(H,24,28)(H,25,29)/t14?,15-,16+,17-,18?,22-,23?/m0/s1. The van der Waals surface area contributed by atoms with Crippen molar-refractivity contribution >= 4 is 29.5 Å². The molecule has 3 saturated heterocycles. The largest absolute Gasteiger partial charge is 0.394 e. The second-order valence-corrected chi connectivity index (χ2v) is 11.6. The molecule has 3 amide bonds. The van der Waals surface area contributed by atoms with Crippen LogP contribution in [0.15, 0.2) is 0 Å². The molecule has 3 aliphatic rings. The highest BCUT2D eigenvalue weighted by Gasteiger charge is 2.77. The normalized spacial score (nSPS) is 35.7. The smallest absolute Gasteiger partial charge is 0.244 e. The molecule has 1 spiro atoms. The first-order chi connectivity index (χ1) is 14.7. The highest BCUT2D eigenvalue weighted by molar-refractivity contribution is 8.02. The maximum absolute atomic E-state index is 13.8. The van der Waals surface area contributed by atoms with Crippen molar-refractivity contribution < 1.29 is 19.5 Å². The Bertz CT molecular complexity index is 715. The Morgan fingerprint density at radius 2 is 1.94 bits per heavy atom. The van der Waals surface area contributed by atoms with Gasteiger partial charge < -0.3 is 20.6 Å². The van der Waals surface area contributed by atoms with Crippen molar-refractivity contribution in [1.82, 2.24) is 15.5 Å². The maximum atomic E-state index is 13.8. The van der Waals surface area contributed by atoms with Gasteiger partial charge in [-0.15, -0.1) is 11.8 Å². The van der Waals surface area contributed by atoms with E-state index in [9.17, 15) is 19.5 Å². The van der Waals surface area contributed by atoms with Crippen molar-refractivity contribution in [1.29, 1.82) is 0 Å². The van der Waals surface area contributed by atoms with E-state index >= 15 is 0 Å². The molecular weight excluding hydrogens is 414 g/mol. The zero-order valence-corrected chi connectivity index (χ0v) is 20.4. The van der Waals surface area contributed by atoms with Gasteiger partial charge in [0, 0.05) is 17.3 Å². The van der Waals surface area contributed by atoms with Gasteiger partial charge in [0.15, 0.2) is 0 Å². The van der Waals surface area contributed by atoms with Crippen molar-refractivity contribution in [3.63, 3.8) is 0 Å². The molecule has 3 N–H and O–H groups in total. The van der Waals surface area contributed by atoms with Crippen molar-refractivity contribution in [3.05, 3.63) is 0 Å². The van der Waals surface area contributed by atoms with Gasteiger partial charge in [-0.1, -0.05) is 27.2 Å². The fourth-order valence-electron chi connectivity index (χ4n) is 6.06. The van der Waals surface area contributed by atoms with Crippen LogP contribution in [-0.2, 0) is 14.4 Å². The van der Waals surface area contributed by atoms with E-state index in [2.05, 4.69) is 24.5 Å². The van der Waals surface area contributed by atoms with E-state index in [1.807, 2.05) is 20.8 Å². The number of rotatable bonds is 10. The molecule has 0 saturated carbocycles. The van der Waals surface area contributed by atoms with Crippen LogP contribution in [-0.4, -0.2) is 68.5 Å². The van der Waals surface area contributed by atoms with Crippen LogP contribution >= 0.6 is 11.8 Å². The molecule has 3 heterocycles. The highest BCUT2D eigenvalue weighted by Crippen LogP contribution is 2.71. The van der Waals surface area contributed by atoms with Gasteiger partial charge in [0.1, 0.15) is 6.04 Å². The van der Waals surface area contributed by atoms with Gasteiger partial charge in [-0.2, -0.15) is 0 Å². The van der Waals surface area contributed by atoms with Crippen LogP contribution in [0.4, 0.5) is 0 Å². The molecule has 3 rings (SSSR count). The Labute approximate surface area is 190 Å². The quantitative estimate of drug-likeness (QED) is 0.470. The molecule has 176 valence electrons. The minimum Gasteiger partial charge on any atom is -0.394 e. The van der Waals surface area contributed by atoms with Crippen molar-refractivity contribution in [2.24, 2.45) is 11.8 Å². The van der Waals surface area contributed by atoms with E-state index in [4.69, 9.17) is 0 Å². The molecule has 3 unspecified atom stereocenters. The number of hydrogen-bond donors (Lipinski definition) is 3. The van der Waals surface area contributed by atoms with E-state index in [-0.39, 0.29) is 35.1 Å². The Morgan fingerprint density at radius 3 is 2.52 bits per heavy atom. The number of fused-ring (bicyclic) bond motifs is 1. The Kier molecular flexibility index (Phi) is 7.31. The summed E-state index contributed by atoms with van der Waals surface area (Å²) in [6.07, 6.45) is 4.77. The summed E-state index contributed by atoms with van der Waals surface area (Å²) in [7, 11) is 0. The van der Waals surface area contributed by atoms with Crippen LogP contribution in [0.2, 0.25) is 0 Å². The fourth-order valence-corrected chi connectivity index (χ4v) is 8.40. The molecule has 8 heteroatoms. The van der Waals surface area contributed by atoms with Crippen molar-refractivity contribution in [3.8, 4) is 0 Å². The molecule has 0 aliphatic carbocycles. The predicted molar refractivity (Wildman–Crippen MR) is 123 cm³/mol. The van der Waals surface area contributed by atoms with Crippen LogP contribution in [0.3, 0.4) is 0 Å². The molecule has 0 radical (unpaired) electrons. The van der Waals surface area contributed by atoms with Gasteiger partial charge in [0.2, 0.25) is 17.7 Å². The van der Waals surface area contributed by atoms with Crippen molar-refractivity contribution in [2.75, 3.05) is 13.2 Å². The number of aliphatic hydroxyl groups is 1. The second kappa shape index (κ2) is 9.30. The maximum Gasteiger partial charge on any atom is 0.244 e.